The van der Waals surface area contributed by atoms with Gasteiger partial charge in [-0.15, -0.1) is 11.3 Å². The summed E-state index contributed by atoms with van der Waals surface area (Å²) in [6.07, 6.45) is 1.78. The van der Waals surface area contributed by atoms with Crippen LogP contribution in [0, 0.1) is 13.8 Å². The van der Waals surface area contributed by atoms with Gasteiger partial charge in [-0.05, 0) is 26.0 Å². The lowest BCUT2D eigenvalue weighted by molar-refractivity contribution is 1.11. The highest BCUT2D eigenvalue weighted by Gasteiger charge is 2.10. The van der Waals surface area contributed by atoms with Gasteiger partial charge in [-0.1, -0.05) is 12.1 Å². The van der Waals surface area contributed by atoms with Gasteiger partial charge in [0.2, 0.25) is 5.95 Å². The molecule has 0 aliphatic carbocycles. The summed E-state index contributed by atoms with van der Waals surface area (Å²) in [7, 11) is 0. The highest BCUT2D eigenvalue weighted by molar-refractivity contribution is 7.15. The number of hydrazone groups is 1. The number of para-hydroxylation sites is 2. The van der Waals surface area contributed by atoms with Gasteiger partial charge < -0.3 is 4.98 Å². The first-order chi connectivity index (χ1) is 10.7. The van der Waals surface area contributed by atoms with Crippen molar-refractivity contribution in [2.24, 2.45) is 5.10 Å². The normalized spacial score (nSPS) is 11.9. The topological polar surface area (TPSA) is 70.4 Å². The number of benzene rings is 1. The van der Waals surface area contributed by atoms with Crippen LogP contribution in [-0.2, 0) is 0 Å². The number of imidazole rings is 2. The van der Waals surface area contributed by atoms with Gasteiger partial charge in [0.05, 0.1) is 28.6 Å². The first-order valence-electron chi connectivity index (χ1n) is 6.89. The van der Waals surface area contributed by atoms with E-state index in [1.54, 1.807) is 17.6 Å². The number of nitrogens with one attached hydrogen (secondary N) is 2. The van der Waals surface area contributed by atoms with Crippen LogP contribution in [0.3, 0.4) is 0 Å². The van der Waals surface area contributed by atoms with Crippen LogP contribution in [0.2, 0.25) is 0 Å². The lowest BCUT2D eigenvalue weighted by atomic mass is 10.3. The van der Waals surface area contributed by atoms with Crippen LogP contribution in [-0.4, -0.2) is 25.6 Å². The number of aromatic nitrogens is 4. The number of H-pyrrole nitrogens is 1. The van der Waals surface area contributed by atoms with Crippen molar-refractivity contribution in [2.75, 3.05) is 5.43 Å². The number of aryl methyl sites for hydroxylation is 2. The summed E-state index contributed by atoms with van der Waals surface area (Å²) in [5.41, 5.74) is 7.94. The lowest BCUT2D eigenvalue weighted by Crippen LogP contribution is -1.97. The van der Waals surface area contributed by atoms with Gasteiger partial charge in [-0.3, -0.25) is 4.40 Å². The van der Waals surface area contributed by atoms with E-state index in [1.807, 2.05) is 31.2 Å². The lowest BCUT2D eigenvalue weighted by Gasteiger charge is -1.96. The Kier molecular flexibility index (Phi) is 2.93. The summed E-state index contributed by atoms with van der Waals surface area (Å²) in [6, 6.07) is 7.87. The van der Waals surface area contributed by atoms with Gasteiger partial charge in [-0.25, -0.2) is 15.4 Å². The first kappa shape index (κ1) is 13.0. The van der Waals surface area contributed by atoms with Crippen molar-refractivity contribution in [2.45, 2.75) is 13.8 Å². The molecule has 0 radical (unpaired) electrons. The average molecular weight is 310 g/mol. The maximum atomic E-state index is 4.53. The SMILES string of the molecule is Cc1nc2scc(C)n2c1/C=N\Nc1nc2ccccc2[nH]1. The number of fused-ring (bicyclic) bond motifs is 2. The molecule has 4 aromatic rings. The highest BCUT2D eigenvalue weighted by atomic mass is 32.1. The molecule has 1 aromatic carbocycles. The maximum absolute atomic E-state index is 4.53. The van der Waals surface area contributed by atoms with Crippen LogP contribution in [0.1, 0.15) is 17.1 Å². The number of nitrogens with zero attached hydrogens (tertiary/aromatic N) is 4. The quantitative estimate of drug-likeness (QED) is 0.450. The minimum absolute atomic E-state index is 0.623. The van der Waals surface area contributed by atoms with E-state index in [4.69, 9.17) is 0 Å². The third kappa shape index (κ3) is 2.06. The predicted octanol–water partition coefficient (Wildman–Crippen LogP) is 3.33. The van der Waals surface area contributed by atoms with Crippen LogP contribution in [0.5, 0.6) is 0 Å². The monoisotopic (exact) mass is 310 g/mol. The Morgan fingerprint density at radius 1 is 1.27 bits per heavy atom. The Hall–Kier alpha value is -2.67. The molecule has 22 heavy (non-hydrogen) atoms. The fourth-order valence-electron chi connectivity index (χ4n) is 2.44. The largest absolute Gasteiger partial charge is 0.323 e. The van der Waals surface area contributed by atoms with Crippen molar-refractivity contribution in [3.05, 3.63) is 46.7 Å². The molecule has 0 aliphatic rings. The standard InChI is InChI=1S/C15H14N6S/c1-9-8-22-15-17-10(2)13(21(9)15)7-16-20-14-18-11-5-3-4-6-12(11)19-14/h3-8H,1-2H3,(H2,18,19,20)/b16-7-. The molecule has 4 rings (SSSR count). The summed E-state index contributed by atoms with van der Waals surface area (Å²) < 4.78 is 2.10. The van der Waals surface area contributed by atoms with Gasteiger partial charge in [0, 0.05) is 11.1 Å². The highest BCUT2D eigenvalue weighted by Crippen LogP contribution is 2.19. The molecule has 0 atom stereocenters. The molecule has 3 heterocycles. The van der Waals surface area contributed by atoms with Crippen LogP contribution in [0.25, 0.3) is 16.0 Å². The molecule has 0 spiro atoms. The van der Waals surface area contributed by atoms with E-state index in [-0.39, 0.29) is 0 Å². The van der Waals surface area contributed by atoms with Gasteiger partial charge in [0.15, 0.2) is 4.96 Å². The fraction of sp³-hybridized carbons (Fsp3) is 0.133. The molecule has 3 aromatic heterocycles. The van der Waals surface area contributed by atoms with E-state index in [1.165, 1.54) is 0 Å². The number of thiazole rings is 1. The number of aromatic amines is 1. The summed E-state index contributed by atoms with van der Waals surface area (Å²) in [4.78, 5) is 13.1. The van der Waals surface area contributed by atoms with Crippen molar-refractivity contribution in [3.8, 4) is 0 Å². The van der Waals surface area contributed by atoms with Crippen molar-refractivity contribution < 1.29 is 0 Å². The van der Waals surface area contributed by atoms with Gasteiger partial charge in [0.25, 0.3) is 0 Å². The van der Waals surface area contributed by atoms with Gasteiger partial charge >= 0.3 is 0 Å². The third-order valence-electron chi connectivity index (χ3n) is 3.50. The zero-order valence-electron chi connectivity index (χ0n) is 12.2. The molecule has 0 bridgehead atoms. The maximum Gasteiger partial charge on any atom is 0.222 e. The van der Waals surface area contributed by atoms with Crippen molar-refractivity contribution in [1.29, 1.82) is 0 Å². The summed E-state index contributed by atoms with van der Waals surface area (Å²) in [6.45, 7) is 4.05. The Morgan fingerprint density at radius 2 is 2.14 bits per heavy atom. The molecule has 0 aliphatic heterocycles. The van der Waals surface area contributed by atoms with Gasteiger partial charge in [0.1, 0.15) is 0 Å². The smallest absolute Gasteiger partial charge is 0.222 e. The number of hydrogen-bond acceptors (Lipinski definition) is 5. The zero-order chi connectivity index (χ0) is 15.1. The number of hydrogen-bond donors (Lipinski definition) is 2. The molecule has 0 saturated heterocycles. The Balaban J connectivity index is 1.63. The van der Waals surface area contributed by atoms with Crippen LogP contribution in [0.4, 0.5) is 5.95 Å². The zero-order valence-corrected chi connectivity index (χ0v) is 13.0. The van der Waals surface area contributed by atoms with Crippen LogP contribution in [0.15, 0.2) is 34.7 Å². The molecule has 0 unspecified atom stereocenters. The van der Waals surface area contributed by atoms with E-state index in [9.17, 15) is 0 Å². The first-order valence-corrected chi connectivity index (χ1v) is 7.77. The van der Waals surface area contributed by atoms with Crippen LogP contribution >= 0.6 is 11.3 Å². The molecule has 0 saturated carbocycles. The van der Waals surface area contributed by atoms with E-state index < -0.39 is 0 Å². The summed E-state index contributed by atoms with van der Waals surface area (Å²) in [5.74, 6) is 0.623. The average Bonchev–Trinajstić information content (AvgIpc) is 3.15. The van der Waals surface area contributed by atoms with E-state index in [2.05, 4.69) is 42.2 Å². The van der Waals surface area contributed by atoms with E-state index in [0.29, 0.717) is 5.95 Å². The Labute approximate surface area is 130 Å². The fourth-order valence-corrected chi connectivity index (χ4v) is 3.36. The minimum Gasteiger partial charge on any atom is -0.323 e. The Bertz CT molecular complexity index is 957. The Morgan fingerprint density at radius 3 is 3.00 bits per heavy atom. The minimum atomic E-state index is 0.623. The molecule has 6 nitrogen and oxygen atoms in total. The molecule has 0 amide bonds. The molecular weight excluding hydrogens is 296 g/mol. The van der Waals surface area contributed by atoms with Gasteiger partial charge in [-0.2, -0.15) is 5.10 Å². The number of rotatable bonds is 3. The molecule has 2 N–H and O–H groups in total. The van der Waals surface area contributed by atoms with Crippen molar-refractivity contribution in [1.82, 2.24) is 19.4 Å². The second-order valence-electron chi connectivity index (χ2n) is 5.05. The predicted molar refractivity (Wildman–Crippen MR) is 89.9 cm³/mol. The molecule has 7 heteroatoms. The molecule has 0 fully saturated rings. The number of anilines is 1. The van der Waals surface area contributed by atoms with Crippen molar-refractivity contribution >= 4 is 39.5 Å². The van der Waals surface area contributed by atoms with Crippen LogP contribution < -0.4 is 5.43 Å². The molecular formula is C15H14N6S. The third-order valence-corrected chi connectivity index (χ3v) is 4.44. The summed E-state index contributed by atoms with van der Waals surface area (Å²) in [5, 5.41) is 6.38. The summed E-state index contributed by atoms with van der Waals surface area (Å²) >= 11 is 1.63. The second kappa shape index (κ2) is 4.96. The van der Waals surface area contributed by atoms with Crippen molar-refractivity contribution in [3.63, 3.8) is 0 Å². The van der Waals surface area contributed by atoms with E-state index in [0.717, 1.165) is 33.1 Å². The van der Waals surface area contributed by atoms with E-state index >= 15 is 0 Å². The molecule has 110 valence electrons. The second-order valence-corrected chi connectivity index (χ2v) is 5.89.